The highest BCUT2D eigenvalue weighted by molar-refractivity contribution is 6.02. The molecule has 1 atom stereocenters. The molecule has 0 amide bonds. The summed E-state index contributed by atoms with van der Waals surface area (Å²) in [5.74, 6) is -1.55. The van der Waals surface area contributed by atoms with Gasteiger partial charge in [-0.3, -0.25) is 4.79 Å². The molecule has 0 aliphatic heterocycles. The molecular formula is C18H16F2O2. The molecule has 0 fully saturated rings. The van der Waals surface area contributed by atoms with Crippen molar-refractivity contribution in [3.05, 3.63) is 64.7 Å². The van der Waals surface area contributed by atoms with E-state index in [1.807, 2.05) is 6.07 Å². The summed E-state index contributed by atoms with van der Waals surface area (Å²) in [5.41, 5.74) is 2.13. The number of hydrogen-bond acceptors (Lipinski definition) is 2. The fourth-order valence-corrected chi connectivity index (χ4v) is 3.01. The summed E-state index contributed by atoms with van der Waals surface area (Å²) in [4.78, 5) is 12.8. The molecule has 1 aliphatic carbocycles. The Kier molecular flexibility index (Phi) is 3.92. The van der Waals surface area contributed by atoms with Crippen LogP contribution >= 0.6 is 0 Å². The summed E-state index contributed by atoms with van der Waals surface area (Å²) in [6, 6.07) is 9.10. The maximum absolute atomic E-state index is 13.5. The molecule has 22 heavy (non-hydrogen) atoms. The molecule has 0 radical (unpaired) electrons. The summed E-state index contributed by atoms with van der Waals surface area (Å²) < 4.78 is 31.7. The smallest absolute Gasteiger partial charge is 0.170 e. The van der Waals surface area contributed by atoms with Crippen LogP contribution in [0.4, 0.5) is 8.78 Å². The van der Waals surface area contributed by atoms with Gasteiger partial charge in [-0.05, 0) is 60.7 Å². The van der Waals surface area contributed by atoms with Gasteiger partial charge < -0.3 is 4.74 Å². The van der Waals surface area contributed by atoms with E-state index in [2.05, 4.69) is 0 Å². The average molecular weight is 302 g/mol. The van der Waals surface area contributed by atoms with Crippen LogP contribution in [0.1, 0.15) is 40.2 Å². The molecule has 1 unspecified atom stereocenters. The second-order valence-electron chi connectivity index (χ2n) is 5.51. The second kappa shape index (κ2) is 5.87. The Morgan fingerprint density at radius 2 is 1.91 bits per heavy atom. The molecule has 1 aliphatic rings. The van der Waals surface area contributed by atoms with Gasteiger partial charge in [-0.1, -0.05) is 6.07 Å². The van der Waals surface area contributed by atoms with Gasteiger partial charge in [0.1, 0.15) is 5.75 Å². The summed E-state index contributed by atoms with van der Waals surface area (Å²) in [6.07, 6.45) is 2.22. The number of halogens is 2. The molecule has 114 valence electrons. The van der Waals surface area contributed by atoms with Crippen LogP contribution in [0.25, 0.3) is 0 Å². The molecule has 3 rings (SSSR count). The van der Waals surface area contributed by atoms with Gasteiger partial charge in [0.05, 0.1) is 7.11 Å². The number of carbonyl (C=O) groups is 1. The normalized spacial score (nSPS) is 17.8. The fraction of sp³-hybridized carbons (Fsp3) is 0.278. The zero-order valence-electron chi connectivity index (χ0n) is 12.2. The first-order valence-electron chi connectivity index (χ1n) is 7.26. The van der Waals surface area contributed by atoms with Gasteiger partial charge in [-0.2, -0.15) is 0 Å². The minimum atomic E-state index is -0.912. The molecule has 2 aromatic rings. The number of benzene rings is 2. The lowest BCUT2D eigenvalue weighted by Crippen LogP contribution is -2.13. The Hall–Kier alpha value is -2.23. The Morgan fingerprint density at radius 1 is 1.09 bits per heavy atom. The Labute approximate surface area is 127 Å². The summed E-state index contributed by atoms with van der Waals surface area (Å²) in [7, 11) is 1.59. The molecule has 2 aromatic carbocycles. The lowest BCUT2D eigenvalue weighted by molar-refractivity contribution is 0.0957. The van der Waals surface area contributed by atoms with Gasteiger partial charge in [0, 0.05) is 11.5 Å². The Balaban J connectivity index is 2.00. The van der Waals surface area contributed by atoms with E-state index >= 15 is 0 Å². The molecule has 0 saturated carbocycles. The maximum Gasteiger partial charge on any atom is 0.170 e. The van der Waals surface area contributed by atoms with E-state index in [0.29, 0.717) is 17.5 Å². The number of carbonyl (C=O) groups excluding carboxylic acids is 1. The Morgan fingerprint density at radius 3 is 2.64 bits per heavy atom. The van der Waals surface area contributed by atoms with Crippen molar-refractivity contribution in [2.75, 3.05) is 7.11 Å². The van der Waals surface area contributed by atoms with Crippen molar-refractivity contribution in [1.29, 1.82) is 0 Å². The average Bonchev–Trinajstić information content (AvgIpc) is 2.69. The van der Waals surface area contributed by atoms with Crippen molar-refractivity contribution in [2.45, 2.75) is 25.2 Å². The summed E-state index contributed by atoms with van der Waals surface area (Å²) >= 11 is 0. The van der Waals surface area contributed by atoms with Crippen LogP contribution in [-0.4, -0.2) is 12.9 Å². The topological polar surface area (TPSA) is 26.3 Å². The number of hydrogen-bond donors (Lipinski definition) is 0. The largest absolute Gasteiger partial charge is 0.497 e. The van der Waals surface area contributed by atoms with E-state index in [0.717, 1.165) is 36.3 Å². The first-order valence-corrected chi connectivity index (χ1v) is 7.26. The van der Waals surface area contributed by atoms with Crippen molar-refractivity contribution in [3.8, 4) is 5.75 Å². The van der Waals surface area contributed by atoms with Crippen LogP contribution in [0.2, 0.25) is 0 Å². The summed E-state index contributed by atoms with van der Waals surface area (Å²) in [5, 5.41) is 0. The zero-order valence-corrected chi connectivity index (χ0v) is 12.2. The van der Waals surface area contributed by atoms with E-state index in [9.17, 15) is 13.6 Å². The first-order chi connectivity index (χ1) is 10.6. The van der Waals surface area contributed by atoms with E-state index in [-0.39, 0.29) is 5.78 Å². The highest BCUT2D eigenvalue weighted by Crippen LogP contribution is 2.33. The van der Waals surface area contributed by atoms with E-state index in [1.54, 1.807) is 19.2 Å². The number of fused-ring (bicyclic) bond motifs is 1. The van der Waals surface area contributed by atoms with Gasteiger partial charge in [0.15, 0.2) is 17.4 Å². The van der Waals surface area contributed by atoms with Crippen LogP contribution in [-0.2, 0) is 6.42 Å². The molecule has 2 nitrogen and oxygen atoms in total. The molecule has 0 N–H and O–H groups in total. The molecule has 0 bridgehead atoms. The standard InChI is InChI=1S/C18H16F2O2/c1-22-13-6-7-15-11(9-13)3-2-4-14(18(15)21)12-5-8-16(19)17(20)10-12/h5-10,14H,2-4H2,1H3. The van der Waals surface area contributed by atoms with Gasteiger partial charge in [-0.25, -0.2) is 8.78 Å². The minimum Gasteiger partial charge on any atom is -0.497 e. The number of rotatable bonds is 2. The van der Waals surface area contributed by atoms with E-state index < -0.39 is 17.6 Å². The van der Waals surface area contributed by atoms with E-state index in [1.165, 1.54) is 6.07 Å². The maximum atomic E-state index is 13.5. The predicted molar refractivity (Wildman–Crippen MR) is 79.4 cm³/mol. The van der Waals surface area contributed by atoms with Gasteiger partial charge in [0.2, 0.25) is 0 Å². The van der Waals surface area contributed by atoms with Crippen molar-refractivity contribution >= 4 is 5.78 Å². The Bertz CT molecular complexity index is 725. The number of Topliss-reactive ketones (excluding diaryl/α,β-unsaturated/α-hetero) is 1. The third-order valence-corrected chi connectivity index (χ3v) is 4.18. The van der Waals surface area contributed by atoms with Crippen molar-refractivity contribution in [3.63, 3.8) is 0 Å². The third kappa shape index (κ3) is 2.61. The molecule has 0 saturated heterocycles. The van der Waals surface area contributed by atoms with Crippen molar-refractivity contribution in [1.82, 2.24) is 0 Å². The van der Waals surface area contributed by atoms with Gasteiger partial charge in [-0.15, -0.1) is 0 Å². The molecule has 0 spiro atoms. The monoisotopic (exact) mass is 302 g/mol. The quantitative estimate of drug-likeness (QED) is 0.774. The van der Waals surface area contributed by atoms with Crippen LogP contribution < -0.4 is 4.74 Å². The highest BCUT2D eigenvalue weighted by atomic mass is 19.2. The first kappa shape index (κ1) is 14.7. The zero-order chi connectivity index (χ0) is 15.7. The third-order valence-electron chi connectivity index (χ3n) is 4.18. The van der Waals surface area contributed by atoms with Crippen LogP contribution in [0, 0.1) is 11.6 Å². The lowest BCUT2D eigenvalue weighted by Gasteiger charge is -2.14. The molecular weight excluding hydrogens is 286 g/mol. The molecule has 4 heteroatoms. The van der Waals surface area contributed by atoms with Crippen LogP contribution in [0.3, 0.4) is 0 Å². The predicted octanol–water partition coefficient (Wildman–Crippen LogP) is 4.28. The van der Waals surface area contributed by atoms with Gasteiger partial charge in [0.25, 0.3) is 0 Å². The fourth-order valence-electron chi connectivity index (χ4n) is 3.01. The van der Waals surface area contributed by atoms with Gasteiger partial charge >= 0.3 is 0 Å². The number of ether oxygens (including phenoxy) is 1. The number of aryl methyl sites for hydroxylation is 1. The van der Waals surface area contributed by atoms with E-state index in [4.69, 9.17) is 4.74 Å². The summed E-state index contributed by atoms with van der Waals surface area (Å²) in [6.45, 7) is 0. The number of methoxy groups -OCH3 is 1. The SMILES string of the molecule is COc1ccc2c(c1)CCCC(c1ccc(F)c(F)c1)C2=O. The van der Waals surface area contributed by atoms with Crippen LogP contribution in [0.5, 0.6) is 5.75 Å². The minimum absolute atomic E-state index is 0.0406. The lowest BCUT2D eigenvalue weighted by atomic mass is 9.88. The molecule has 0 heterocycles. The second-order valence-corrected chi connectivity index (χ2v) is 5.51. The van der Waals surface area contributed by atoms with Crippen molar-refractivity contribution in [2.24, 2.45) is 0 Å². The van der Waals surface area contributed by atoms with Crippen LogP contribution in [0.15, 0.2) is 36.4 Å². The molecule has 0 aromatic heterocycles. The highest BCUT2D eigenvalue weighted by Gasteiger charge is 2.27. The van der Waals surface area contributed by atoms with Crippen molar-refractivity contribution < 1.29 is 18.3 Å². The number of ketones is 1.